The third-order valence-corrected chi connectivity index (χ3v) is 4.01. The Morgan fingerprint density at radius 2 is 1.96 bits per heavy atom. The van der Waals surface area contributed by atoms with Gasteiger partial charge in [0.2, 0.25) is 0 Å². The molecule has 0 aromatic rings. The molecule has 1 fully saturated rings. The van der Waals surface area contributed by atoms with E-state index in [1.54, 1.807) is 0 Å². The van der Waals surface area contributed by atoms with Crippen LogP contribution in [0.1, 0.15) is 52.9 Å². The molecule has 1 saturated heterocycles. The van der Waals surface area contributed by atoms with E-state index >= 15 is 0 Å². The largest absolute Gasteiger partial charge is 0.381 e. The average molecular weight is 455 g/mol. The number of halogens is 1. The van der Waals surface area contributed by atoms with Crippen LogP contribution in [0.3, 0.4) is 0 Å². The monoisotopic (exact) mass is 455 g/mol. The van der Waals surface area contributed by atoms with Crippen molar-refractivity contribution < 1.29 is 9.47 Å². The highest BCUT2D eigenvalue weighted by Gasteiger charge is 2.13. The van der Waals surface area contributed by atoms with E-state index in [4.69, 9.17) is 9.47 Å². The molecule has 1 heterocycles. The second-order valence-corrected chi connectivity index (χ2v) is 6.71. The van der Waals surface area contributed by atoms with E-state index < -0.39 is 0 Å². The standard InChI is InChI=1S/C18H37N3O2.HI/c1-4-19-18(20-10-5-7-16(2)3)21-11-6-12-23-15-17-8-13-22-14-9-17;/h16-17H,4-15H2,1-3H3,(H2,19,20,21);1H. The van der Waals surface area contributed by atoms with E-state index in [9.17, 15) is 0 Å². The van der Waals surface area contributed by atoms with E-state index in [-0.39, 0.29) is 24.0 Å². The topological polar surface area (TPSA) is 54.9 Å². The lowest BCUT2D eigenvalue weighted by Crippen LogP contribution is -2.38. The predicted molar refractivity (Wildman–Crippen MR) is 112 cm³/mol. The normalized spacial score (nSPS) is 16.1. The highest BCUT2D eigenvalue weighted by atomic mass is 127. The van der Waals surface area contributed by atoms with Crippen molar-refractivity contribution in [1.82, 2.24) is 10.6 Å². The van der Waals surface area contributed by atoms with Crippen LogP contribution >= 0.6 is 24.0 Å². The highest BCUT2D eigenvalue weighted by molar-refractivity contribution is 14.0. The molecule has 1 aliphatic rings. The van der Waals surface area contributed by atoms with Crippen molar-refractivity contribution in [2.45, 2.75) is 52.9 Å². The minimum atomic E-state index is 0. The fourth-order valence-corrected chi connectivity index (χ4v) is 2.58. The summed E-state index contributed by atoms with van der Waals surface area (Å²) in [6.07, 6.45) is 5.71. The van der Waals surface area contributed by atoms with Crippen molar-refractivity contribution in [2.75, 3.05) is 46.1 Å². The molecule has 0 aliphatic carbocycles. The maximum absolute atomic E-state index is 5.77. The molecule has 0 aromatic carbocycles. The van der Waals surface area contributed by atoms with Gasteiger partial charge in [-0.15, -0.1) is 24.0 Å². The number of aliphatic imine (C=N–C) groups is 1. The summed E-state index contributed by atoms with van der Waals surface area (Å²) >= 11 is 0. The number of hydrogen-bond acceptors (Lipinski definition) is 3. The Morgan fingerprint density at radius 3 is 2.62 bits per heavy atom. The van der Waals surface area contributed by atoms with Gasteiger partial charge in [-0.2, -0.15) is 0 Å². The fraction of sp³-hybridized carbons (Fsp3) is 0.944. The second-order valence-electron chi connectivity index (χ2n) is 6.71. The summed E-state index contributed by atoms with van der Waals surface area (Å²) in [5.41, 5.74) is 0. The van der Waals surface area contributed by atoms with Crippen molar-refractivity contribution in [1.29, 1.82) is 0 Å². The molecular weight excluding hydrogens is 417 g/mol. The quantitative estimate of drug-likeness (QED) is 0.217. The Balaban J connectivity index is 0.00000529. The molecule has 0 saturated carbocycles. The molecule has 144 valence electrons. The first-order valence-electron chi connectivity index (χ1n) is 9.40. The van der Waals surface area contributed by atoms with E-state index in [1.807, 2.05) is 0 Å². The first-order valence-corrected chi connectivity index (χ1v) is 9.40. The molecule has 1 rings (SSSR count). The van der Waals surface area contributed by atoms with Gasteiger partial charge in [0.15, 0.2) is 5.96 Å². The smallest absolute Gasteiger partial charge is 0.191 e. The molecule has 0 unspecified atom stereocenters. The maximum Gasteiger partial charge on any atom is 0.191 e. The van der Waals surface area contributed by atoms with E-state index in [2.05, 4.69) is 36.4 Å². The number of nitrogens with one attached hydrogen (secondary N) is 2. The summed E-state index contributed by atoms with van der Waals surface area (Å²) in [5.74, 6) is 2.39. The van der Waals surface area contributed by atoms with Crippen LogP contribution in [0, 0.1) is 11.8 Å². The molecule has 6 heteroatoms. The second kappa shape index (κ2) is 16.4. The Bertz CT molecular complexity index is 309. The zero-order valence-corrected chi connectivity index (χ0v) is 18.1. The lowest BCUT2D eigenvalue weighted by Gasteiger charge is -2.21. The molecule has 0 amide bonds. The summed E-state index contributed by atoms with van der Waals surface area (Å²) in [6.45, 7) is 12.8. The molecule has 0 radical (unpaired) electrons. The van der Waals surface area contributed by atoms with Gasteiger partial charge >= 0.3 is 0 Å². The first kappa shape index (κ1) is 23.9. The number of guanidine groups is 1. The number of hydrogen-bond donors (Lipinski definition) is 2. The Kier molecular flexibility index (Phi) is 16.3. The van der Waals surface area contributed by atoms with Gasteiger partial charge in [0, 0.05) is 46.1 Å². The van der Waals surface area contributed by atoms with Gasteiger partial charge in [0.05, 0.1) is 0 Å². The number of ether oxygens (including phenoxy) is 2. The lowest BCUT2D eigenvalue weighted by molar-refractivity contribution is 0.0205. The SMILES string of the molecule is CCNC(=NCCCOCC1CCOCC1)NCCCC(C)C.I. The van der Waals surface area contributed by atoms with Crippen LogP contribution in [0.25, 0.3) is 0 Å². The first-order chi connectivity index (χ1) is 11.2. The van der Waals surface area contributed by atoms with Crippen molar-refractivity contribution in [3.8, 4) is 0 Å². The zero-order valence-electron chi connectivity index (χ0n) is 15.8. The Labute approximate surface area is 165 Å². The van der Waals surface area contributed by atoms with Gasteiger partial charge < -0.3 is 20.1 Å². The van der Waals surface area contributed by atoms with Gasteiger partial charge in [0.25, 0.3) is 0 Å². The molecular formula is C18H38IN3O2. The number of rotatable bonds is 11. The summed E-state index contributed by atoms with van der Waals surface area (Å²) in [4.78, 5) is 4.61. The van der Waals surface area contributed by atoms with Crippen LogP contribution in [0.5, 0.6) is 0 Å². The van der Waals surface area contributed by atoms with Crippen molar-refractivity contribution in [2.24, 2.45) is 16.8 Å². The predicted octanol–water partition coefficient (Wildman–Crippen LogP) is 3.43. The van der Waals surface area contributed by atoms with E-state index in [0.29, 0.717) is 5.92 Å². The Hall–Kier alpha value is -0.0800. The van der Waals surface area contributed by atoms with Gasteiger partial charge in [0.1, 0.15) is 0 Å². The van der Waals surface area contributed by atoms with Crippen molar-refractivity contribution >= 4 is 29.9 Å². The van der Waals surface area contributed by atoms with Crippen LogP contribution < -0.4 is 10.6 Å². The number of nitrogens with zero attached hydrogens (tertiary/aromatic N) is 1. The van der Waals surface area contributed by atoms with Crippen LogP contribution in [0.4, 0.5) is 0 Å². The summed E-state index contributed by atoms with van der Waals surface area (Å²) in [5, 5.41) is 6.70. The molecule has 0 bridgehead atoms. The minimum Gasteiger partial charge on any atom is -0.381 e. The van der Waals surface area contributed by atoms with Crippen molar-refractivity contribution in [3.05, 3.63) is 0 Å². The third-order valence-electron chi connectivity index (χ3n) is 4.01. The van der Waals surface area contributed by atoms with Crippen LogP contribution in [-0.4, -0.2) is 52.0 Å². The minimum absolute atomic E-state index is 0. The molecule has 0 spiro atoms. The molecule has 1 aliphatic heterocycles. The molecule has 0 atom stereocenters. The summed E-state index contributed by atoms with van der Waals surface area (Å²) < 4.78 is 11.1. The van der Waals surface area contributed by atoms with Gasteiger partial charge in [-0.05, 0) is 50.9 Å². The average Bonchev–Trinajstić information content (AvgIpc) is 2.55. The lowest BCUT2D eigenvalue weighted by atomic mass is 10.0. The van der Waals surface area contributed by atoms with Crippen LogP contribution in [0.15, 0.2) is 4.99 Å². The molecule has 0 aromatic heterocycles. The zero-order chi connectivity index (χ0) is 16.8. The van der Waals surface area contributed by atoms with E-state index in [0.717, 1.165) is 77.2 Å². The van der Waals surface area contributed by atoms with Crippen molar-refractivity contribution in [3.63, 3.8) is 0 Å². The van der Waals surface area contributed by atoms with Gasteiger partial charge in [-0.25, -0.2) is 0 Å². The molecule has 5 nitrogen and oxygen atoms in total. The summed E-state index contributed by atoms with van der Waals surface area (Å²) in [7, 11) is 0. The highest BCUT2D eigenvalue weighted by Crippen LogP contribution is 2.14. The third kappa shape index (κ3) is 13.2. The molecule has 24 heavy (non-hydrogen) atoms. The van der Waals surface area contributed by atoms with Crippen LogP contribution in [-0.2, 0) is 9.47 Å². The fourth-order valence-electron chi connectivity index (χ4n) is 2.58. The van der Waals surface area contributed by atoms with Crippen LogP contribution in [0.2, 0.25) is 0 Å². The van der Waals surface area contributed by atoms with Gasteiger partial charge in [-0.1, -0.05) is 13.8 Å². The Morgan fingerprint density at radius 1 is 1.21 bits per heavy atom. The van der Waals surface area contributed by atoms with E-state index in [1.165, 1.54) is 12.8 Å². The maximum atomic E-state index is 5.77. The van der Waals surface area contributed by atoms with Gasteiger partial charge in [-0.3, -0.25) is 4.99 Å². The summed E-state index contributed by atoms with van der Waals surface area (Å²) in [6, 6.07) is 0. The molecule has 2 N–H and O–H groups in total.